The molecule has 7 heteroatoms. The summed E-state index contributed by atoms with van der Waals surface area (Å²) in [6.45, 7) is 8.35. The van der Waals surface area contributed by atoms with E-state index in [0.29, 0.717) is 25.9 Å². The molecule has 1 fully saturated rings. The van der Waals surface area contributed by atoms with Gasteiger partial charge in [0, 0.05) is 25.6 Å². The number of rotatable bonds is 2. The number of likely N-dealkylation sites (tertiary alicyclic amines) is 1. The summed E-state index contributed by atoms with van der Waals surface area (Å²) < 4.78 is 9.93. The van der Waals surface area contributed by atoms with E-state index in [0.717, 1.165) is 4.90 Å². The van der Waals surface area contributed by atoms with Gasteiger partial charge < -0.3 is 14.4 Å². The summed E-state index contributed by atoms with van der Waals surface area (Å²) in [7, 11) is 1.25. The van der Waals surface area contributed by atoms with Crippen molar-refractivity contribution in [1.82, 2.24) is 9.80 Å². The van der Waals surface area contributed by atoms with Crippen molar-refractivity contribution >= 4 is 18.1 Å². The summed E-state index contributed by atoms with van der Waals surface area (Å²) in [5.41, 5.74) is -0.534. The van der Waals surface area contributed by atoms with Crippen molar-refractivity contribution in [3.63, 3.8) is 0 Å². The molecule has 1 heterocycles. The van der Waals surface area contributed by atoms with Crippen molar-refractivity contribution < 1.29 is 23.9 Å². The van der Waals surface area contributed by atoms with Crippen molar-refractivity contribution in [2.24, 2.45) is 5.92 Å². The summed E-state index contributed by atoms with van der Waals surface area (Å²) in [6.07, 6.45) is 0.0396. The second kappa shape index (κ2) is 7.47. The number of amides is 3. The number of carbonyl (C=O) groups is 3. The molecule has 1 aliphatic heterocycles. The van der Waals surface area contributed by atoms with Crippen LogP contribution in [0, 0.1) is 5.92 Å². The SMILES string of the molecule is CCN(C(=O)OC)C(=O)C1CCN(C(=O)OC(C)(C)C)CC1. The van der Waals surface area contributed by atoms with Crippen LogP contribution < -0.4 is 0 Å². The summed E-state index contributed by atoms with van der Waals surface area (Å²) in [6, 6.07) is 0. The van der Waals surface area contributed by atoms with Crippen LogP contribution in [0.4, 0.5) is 9.59 Å². The highest BCUT2D eigenvalue weighted by Crippen LogP contribution is 2.22. The quantitative estimate of drug-likeness (QED) is 0.781. The topological polar surface area (TPSA) is 76.2 Å². The Kier molecular flexibility index (Phi) is 6.20. The van der Waals surface area contributed by atoms with Crippen molar-refractivity contribution in [2.75, 3.05) is 26.7 Å². The van der Waals surface area contributed by atoms with Crippen molar-refractivity contribution in [1.29, 1.82) is 0 Å². The van der Waals surface area contributed by atoms with Gasteiger partial charge in [0.25, 0.3) is 0 Å². The van der Waals surface area contributed by atoms with Gasteiger partial charge in [0.2, 0.25) is 5.91 Å². The maximum Gasteiger partial charge on any atom is 0.416 e. The average molecular weight is 314 g/mol. The number of imide groups is 1. The molecule has 0 aliphatic carbocycles. The van der Waals surface area contributed by atoms with Gasteiger partial charge in [0.05, 0.1) is 7.11 Å². The zero-order valence-electron chi connectivity index (χ0n) is 14.0. The lowest BCUT2D eigenvalue weighted by Crippen LogP contribution is -2.47. The molecule has 0 unspecified atom stereocenters. The predicted octanol–water partition coefficient (Wildman–Crippen LogP) is 2.25. The van der Waals surface area contributed by atoms with Gasteiger partial charge in [-0.25, -0.2) is 14.5 Å². The zero-order valence-corrected chi connectivity index (χ0v) is 14.0. The summed E-state index contributed by atoms with van der Waals surface area (Å²) >= 11 is 0. The first kappa shape index (κ1) is 18.3. The lowest BCUT2D eigenvalue weighted by Gasteiger charge is -2.34. The molecule has 0 aromatic carbocycles. The van der Waals surface area contributed by atoms with E-state index < -0.39 is 11.7 Å². The second-order valence-electron chi connectivity index (χ2n) is 6.29. The van der Waals surface area contributed by atoms with E-state index >= 15 is 0 Å². The Labute approximate surface area is 131 Å². The van der Waals surface area contributed by atoms with Gasteiger partial charge in [0.1, 0.15) is 5.60 Å². The van der Waals surface area contributed by atoms with Crippen LogP contribution in [-0.4, -0.2) is 60.2 Å². The fourth-order valence-corrected chi connectivity index (χ4v) is 2.34. The number of hydrogen-bond acceptors (Lipinski definition) is 5. The molecule has 0 atom stereocenters. The Morgan fingerprint density at radius 2 is 1.73 bits per heavy atom. The molecule has 0 bridgehead atoms. The number of methoxy groups -OCH3 is 1. The molecular formula is C15H26N2O5. The van der Waals surface area contributed by atoms with E-state index in [1.165, 1.54) is 7.11 Å². The molecule has 126 valence electrons. The van der Waals surface area contributed by atoms with E-state index in [4.69, 9.17) is 4.74 Å². The summed E-state index contributed by atoms with van der Waals surface area (Å²) in [5, 5.41) is 0. The van der Waals surface area contributed by atoms with E-state index in [2.05, 4.69) is 4.74 Å². The number of piperidine rings is 1. The van der Waals surface area contributed by atoms with Crippen LogP contribution in [0.1, 0.15) is 40.5 Å². The van der Waals surface area contributed by atoms with Crippen molar-refractivity contribution in [3.05, 3.63) is 0 Å². The van der Waals surface area contributed by atoms with Crippen LogP contribution in [0.5, 0.6) is 0 Å². The van der Waals surface area contributed by atoms with E-state index in [-0.39, 0.29) is 24.5 Å². The Morgan fingerprint density at radius 1 is 1.18 bits per heavy atom. The average Bonchev–Trinajstić information content (AvgIpc) is 2.46. The largest absolute Gasteiger partial charge is 0.452 e. The van der Waals surface area contributed by atoms with Gasteiger partial charge in [-0.2, -0.15) is 0 Å². The smallest absolute Gasteiger partial charge is 0.416 e. The molecule has 0 radical (unpaired) electrons. The highest BCUT2D eigenvalue weighted by Gasteiger charge is 2.33. The van der Waals surface area contributed by atoms with Crippen LogP contribution in [0.25, 0.3) is 0 Å². The molecule has 0 aromatic heterocycles. The fourth-order valence-electron chi connectivity index (χ4n) is 2.34. The van der Waals surface area contributed by atoms with Crippen LogP contribution >= 0.6 is 0 Å². The Morgan fingerprint density at radius 3 is 2.14 bits per heavy atom. The zero-order chi connectivity index (χ0) is 16.9. The van der Waals surface area contributed by atoms with Gasteiger partial charge in [-0.3, -0.25) is 4.79 Å². The molecule has 0 aromatic rings. The van der Waals surface area contributed by atoms with Gasteiger partial charge in [-0.15, -0.1) is 0 Å². The van der Waals surface area contributed by atoms with Crippen LogP contribution in [-0.2, 0) is 14.3 Å². The third-order valence-electron chi connectivity index (χ3n) is 3.47. The highest BCUT2D eigenvalue weighted by atomic mass is 16.6. The Balaban J connectivity index is 2.56. The second-order valence-corrected chi connectivity index (χ2v) is 6.29. The molecular weight excluding hydrogens is 288 g/mol. The predicted molar refractivity (Wildman–Crippen MR) is 80.3 cm³/mol. The Bertz CT molecular complexity index is 422. The van der Waals surface area contributed by atoms with E-state index in [1.54, 1.807) is 11.8 Å². The van der Waals surface area contributed by atoms with E-state index in [9.17, 15) is 14.4 Å². The van der Waals surface area contributed by atoms with Crippen LogP contribution in [0.3, 0.4) is 0 Å². The van der Waals surface area contributed by atoms with Crippen LogP contribution in [0.2, 0.25) is 0 Å². The molecule has 1 aliphatic rings. The van der Waals surface area contributed by atoms with E-state index in [1.807, 2.05) is 20.8 Å². The van der Waals surface area contributed by atoms with Crippen molar-refractivity contribution in [3.8, 4) is 0 Å². The summed E-state index contributed by atoms with van der Waals surface area (Å²) in [4.78, 5) is 38.6. The molecule has 0 spiro atoms. The maximum absolute atomic E-state index is 12.3. The minimum Gasteiger partial charge on any atom is -0.452 e. The minimum absolute atomic E-state index is 0.238. The van der Waals surface area contributed by atoms with Crippen molar-refractivity contribution in [2.45, 2.75) is 46.1 Å². The first-order valence-corrected chi connectivity index (χ1v) is 7.56. The van der Waals surface area contributed by atoms with Gasteiger partial charge in [-0.05, 0) is 40.5 Å². The molecule has 0 N–H and O–H groups in total. The molecule has 0 saturated carbocycles. The standard InChI is InChI=1S/C15H26N2O5/c1-6-17(14(20)21-5)12(18)11-7-9-16(10-8-11)13(19)22-15(2,3)4/h11H,6-10H2,1-5H3. The molecule has 3 amide bonds. The Hall–Kier alpha value is -1.79. The highest BCUT2D eigenvalue weighted by molar-refractivity contribution is 5.93. The number of nitrogens with zero attached hydrogens (tertiary/aromatic N) is 2. The number of hydrogen-bond donors (Lipinski definition) is 0. The van der Waals surface area contributed by atoms with Gasteiger partial charge in [0.15, 0.2) is 0 Å². The maximum atomic E-state index is 12.3. The normalized spacial score (nSPS) is 16.1. The summed E-state index contributed by atoms with van der Waals surface area (Å²) in [5.74, 6) is -0.504. The van der Waals surface area contributed by atoms with Gasteiger partial charge in [-0.1, -0.05) is 0 Å². The molecule has 1 saturated heterocycles. The lowest BCUT2D eigenvalue weighted by atomic mass is 9.95. The lowest BCUT2D eigenvalue weighted by molar-refractivity contribution is -0.135. The van der Waals surface area contributed by atoms with Gasteiger partial charge >= 0.3 is 12.2 Å². The molecule has 22 heavy (non-hydrogen) atoms. The first-order chi connectivity index (χ1) is 10.2. The minimum atomic E-state index is -0.637. The third kappa shape index (κ3) is 4.89. The third-order valence-corrected chi connectivity index (χ3v) is 3.47. The molecule has 1 rings (SSSR count). The molecule has 7 nitrogen and oxygen atoms in total. The van der Waals surface area contributed by atoms with Crippen LogP contribution in [0.15, 0.2) is 0 Å². The fraction of sp³-hybridized carbons (Fsp3) is 0.800. The first-order valence-electron chi connectivity index (χ1n) is 7.56. The monoisotopic (exact) mass is 314 g/mol. The number of ether oxygens (including phenoxy) is 2. The number of carbonyl (C=O) groups excluding carboxylic acids is 3.